The number of nitrogens with one attached hydrogen (secondary N) is 1. The zero-order valence-corrected chi connectivity index (χ0v) is 17.8. The number of pyridine rings is 2. The molecule has 4 aromatic rings. The number of sulfonamides is 1. The minimum Gasteiger partial charge on any atom is -0.497 e. The molecule has 0 fully saturated rings. The highest BCUT2D eigenvalue weighted by atomic mass is 32.2. The summed E-state index contributed by atoms with van der Waals surface area (Å²) in [5.74, 6) is 1.35. The molecule has 0 saturated carbocycles. The Morgan fingerprint density at radius 3 is 2.58 bits per heavy atom. The lowest BCUT2D eigenvalue weighted by Crippen LogP contribution is -2.28. The second-order valence-electron chi connectivity index (χ2n) is 6.58. The Bertz CT molecular complexity index is 1310. The summed E-state index contributed by atoms with van der Waals surface area (Å²) in [5, 5.41) is 0. The van der Waals surface area contributed by atoms with Crippen LogP contribution in [0.1, 0.15) is 0 Å². The molecule has 0 aliphatic heterocycles. The van der Waals surface area contributed by atoms with Crippen LogP contribution in [0.5, 0.6) is 11.5 Å². The minimum absolute atomic E-state index is 0.0114. The maximum atomic E-state index is 12.9. The van der Waals surface area contributed by atoms with E-state index >= 15 is 0 Å². The summed E-state index contributed by atoms with van der Waals surface area (Å²) in [6.45, 7) is 0.458. The number of nitrogens with zero attached hydrogens (tertiary/aromatic N) is 4. The van der Waals surface area contributed by atoms with Crippen LogP contribution in [-0.4, -0.2) is 48.7 Å². The molecule has 0 aliphatic carbocycles. The molecular weight excluding hydrogens is 418 g/mol. The van der Waals surface area contributed by atoms with E-state index in [4.69, 9.17) is 9.47 Å². The van der Waals surface area contributed by atoms with E-state index in [2.05, 4.69) is 19.7 Å². The summed E-state index contributed by atoms with van der Waals surface area (Å²) in [4.78, 5) is 13.1. The van der Waals surface area contributed by atoms with Crippen LogP contribution in [0.25, 0.3) is 22.6 Å². The van der Waals surface area contributed by atoms with Crippen molar-refractivity contribution in [1.82, 2.24) is 24.2 Å². The molecule has 0 amide bonds. The normalized spacial score (nSPS) is 11.5. The maximum absolute atomic E-state index is 12.9. The summed E-state index contributed by atoms with van der Waals surface area (Å²) in [7, 11) is -0.941. The Morgan fingerprint density at radius 1 is 1.03 bits per heavy atom. The predicted molar refractivity (Wildman–Crippen MR) is 115 cm³/mol. The summed E-state index contributed by atoms with van der Waals surface area (Å²) < 4.78 is 40.7. The van der Waals surface area contributed by atoms with Crippen LogP contribution in [0.4, 0.5) is 0 Å². The fraction of sp³-hybridized carbons (Fsp3) is 0.190. The second-order valence-corrected chi connectivity index (χ2v) is 8.32. The number of aromatic nitrogens is 4. The quantitative estimate of drug-likeness (QED) is 0.449. The van der Waals surface area contributed by atoms with Gasteiger partial charge in [-0.05, 0) is 36.4 Å². The summed E-state index contributed by atoms with van der Waals surface area (Å²) in [5.41, 5.74) is 2.27. The number of imidazole rings is 1. The Labute approximate surface area is 179 Å². The molecule has 9 nitrogen and oxygen atoms in total. The third-order valence-electron chi connectivity index (χ3n) is 4.73. The van der Waals surface area contributed by atoms with E-state index in [9.17, 15) is 8.42 Å². The Morgan fingerprint density at radius 2 is 1.84 bits per heavy atom. The Balaban J connectivity index is 1.62. The first-order valence-electron chi connectivity index (χ1n) is 9.47. The van der Waals surface area contributed by atoms with E-state index in [1.54, 1.807) is 30.7 Å². The van der Waals surface area contributed by atoms with Crippen LogP contribution < -0.4 is 14.2 Å². The average molecular weight is 439 g/mol. The molecule has 0 unspecified atom stereocenters. The molecule has 31 heavy (non-hydrogen) atoms. The standard InChI is InChI=1S/C21H21N5O4S/c1-29-16-5-6-18(30-2)19(14-16)31(27,28)24-12-13-26-20(15-7-10-22-11-8-15)25-17-4-3-9-23-21(17)26/h3-11,14,24H,12-13H2,1-2H3. The maximum Gasteiger partial charge on any atom is 0.244 e. The molecule has 0 radical (unpaired) electrons. The van der Waals surface area contributed by atoms with E-state index in [0.29, 0.717) is 23.8 Å². The lowest BCUT2D eigenvalue weighted by molar-refractivity contribution is 0.392. The number of rotatable bonds is 8. The fourth-order valence-corrected chi connectivity index (χ4v) is 4.46. The first-order chi connectivity index (χ1) is 15.0. The van der Waals surface area contributed by atoms with E-state index in [0.717, 1.165) is 11.1 Å². The van der Waals surface area contributed by atoms with Crippen molar-refractivity contribution in [3.8, 4) is 22.9 Å². The van der Waals surface area contributed by atoms with Gasteiger partial charge < -0.3 is 14.0 Å². The zero-order chi connectivity index (χ0) is 21.8. The van der Waals surface area contributed by atoms with Gasteiger partial charge in [0.05, 0.1) is 14.2 Å². The number of methoxy groups -OCH3 is 2. The highest BCUT2D eigenvalue weighted by molar-refractivity contribution is 7.89. The van der Waals surface area contributed by atoms with Crippen molar-refractivity contribution >= 4 is 21.2 Å². The van der Waals surface area contributed by atoms with Crippen molar-refractivity contribution in [2.45, 2.75) is 11.4 Å². The van der Waals surface area contributed by atoms with Gasteiger partial charge in [-0.15, -0.1) is 0 Å². The Kier molecular flexibility index (Phi) is 5.83. The van der Waals surface area contributed by atoms with Crippen LogP contribution in [0.2, 0.25) is 0 Å². The van der Waals surface area contributed by atoms with Gasteiger partial charge in [-0.3, -0.25) is 4.98 Å². The van der Waals surface area contributed by atoms with Gasteiger partial charge in [0, 0.05) is 43.3 Å². The number of ether oxygens (including phenoxy) is 2. The smallest absolute Gasteiger partial charge is 0.244 e. The third-order valence-corrected chi connectivity index (χ3v) is 6.21. The van der Waals surface area contributed by atoms with Crippen molar-refractivity contribution in [3.05, 3.63) is 61.1 Å². The molecule has 1 N–H and O–H groups in total. The highest BCUT2D eigenvalue weighted by Gasteiger charge is 2.21. The lowest BCUT2D eigenvalue weighted by atomic mass is 10.2. The van der Waals surface area contributed by atoms with Crippen LogP contribution in [0.3, 0.4) is 0 Å². The monoisotopic (exact) mass is 439 g/mol. The fourth-order valence-electron chi connectivity index (χ4n) is 3.26. The number of hydrogen-bond acceptors (Lipinski definition) is 7. The second kappa shape index (κ2) is 8.70. The number of fused-ring (bicyclic) bond motifs is 1. The molecule has 1 aromatic carbocycles. The van der Waals surface area contributed by atoms with Crippen LogP contribution in [0, 0.1) is 0 Å². The first-order valence-corrected chi connectivity index (χ1v) is 10.9. The molecule has 0 atom stereocenters. The predicted octanol–water partition coefficient (Wildman–Crippen LogP) is 2.49. The zero-order valence-electron chi connectivity index (χ0n) is 17.0. The molecule has 3 aromatic heterocycles. The van der Waals surface area contributed by atoms with Gasteiger partial charge in [-0.1, -0.05) is 0 Å². The molecule has 3 heterocycles. The molecule has 0 spiro atoms. The van der Waals surface area contributed by atoms with Gasteiger partial charge in [0.2, 0.25) is 10.0 Å². The summed E-state index contributed by atoms with van der Waals surface area (Å²) in [6, 6.07) is 12.0. The van der Waals surface area contributed by atoms with Crippen molar-refractivity contribution in [2.24, 2.45) is 0 Å². The van der Waals surface area contributed by atoms with E-state index < -0.39 is 10.0 Å². The summed E-state index contributed by atoms with van der Waals surface area (Å²) >= 11 is 0. The number of hydrogen-bond donors (Lipinski definition) is 1. The van der Waals surface area contributed by atoms with Crippen molar-refractivity contribution in [2.75, 3.05) is 20.8 Å². The molecule has 4 rings (SSSR count). The molecular formula is C21H21N5O4S. The van der Waals surface area contributed by atoms with E-state index in [1.807, 2.05) is 28.8 Å². The van der Waals surface area contributed by atoms with E-state index in [-0.39, 0.29) is 17.2 Å². The minimum atomic E-state index is -3.84. The van der Waals surface area contributed by atoms with Gasteiger partial charge in [-0.2, -0.15) is 0 Å². The van der Waals surface area contributed by atoms with Crippen molar-refractivity contribution in [3.63, 3.8) is 0 Å². The molecule has 160 valence electrons. The molecule has 0 saturated heterocycles. The lowest BCUT2D eigenvalue weighted by Gasteiger charge is -2.13. The largest absolute Gasteiger partial charge is 0.497 e. The van der Waals surface area contributed by atoms with Crippen LogP contribution in [0.15, 0.2) is 66.0 Å². The SMILES string of the molecule is COc1ccc(OC)c(S(=O)(=O)NCCn2c(-c3ccncc3)nc3cccnc32)c1. The van der Waals surface area contributed by atoms with Gasteiger partial charge in [0.15, 0.2) is 5.65 Å². The summed E-state index contributed by atoms with van der Waals surface area (Å²) in [6.07, 6.45) is 5.05. The van der Waals surface area contributed by atoms with Gasteiger partial charge in [-0.25, -0.2) is 23.1 Å². The molecule has 0 aliphatic rings. The van der Waals surface area contributed by atoms with Crippen molar-refractivity contribution < 1.29 is 17.9 Å². The topological polar surface area (TPSA) is 108 Å². The first kappa shape index (κ1) is 20.8. The van der Waals surface area contributed by atoms with Gasteiger partial charge >= 0.3 is 0 Å². The van der Waals surface area contributed by atoms with Crippen LogP contribution >= 0.6 is 0 Å². The molecule has 0 bridgehead atoms. The molecule has 10 heteroatoms. The van der Waals surface area contributed by atoms with Gasteiger partial charge in [0.25, 0.3) is 0 Å². The highest BCUT2D eigenvalue weighted by Crippen LogP contribution is 2.28. The van der Waals surface area contributed by atoms with Gasteiger partial charge in [0.1, 0.15) is 27.7 Å². The van der Waals surface area contributed by atoms with E-state index in [1.165, 1.54) is 20.3 Å². The Hall–Kier alpha value is -3.50. The number of benzene rings is 1. The average Bonchev–Trinajstić information content (AvgIpc) is 3.18. The van der Waals surface area contributed by atoms with Crippen molar-refractivity contribution in [1.29, 1.82) is 0 Å². The van der Waals surface area contributed by atoms with Crippen LogP contribution in [-0.2, 0) is 16.6 Å². The third kappa shape index (κ3) is 4.21.